The molecule has 0 amide bonds. The molecule has 0 aliphatic carbocycles. The summed E-state index contributed by atoms with van der Waals surface area (Å²) in [6.45, 7) is 5.65. The summed E-state index contributed by atoms with van der Waals surface area (Å²) in [5.74, 6) is 1.52. The van der Waals surface area contributed by atoms with Crippen molar-refractivity contribution in [3.05, 3.63) is 29.3 Å². The third-order valence-electron chi connectivity index (χ3n) is 3.95. The van der Waals surface area contributed by atoms with E-state index in [1.807, 2.05) is 18.2 Å². The van der Waals surface area contributed by atoms with Gasteiger partial charge in [-0.25, -0.2) is 0 Å². The second kappa shape index (κ2) is 7.07. The van der Waals surface area contributed by atoms with Gasteiger partial charge in [0.25, 0.3) is 0 Å². The molecule has 20 heavy (non-hydrogen) atoms. The predicted octanol–water partition coefficient (Wildman–Crippen LogP) is 2.22. The highest BCUT2D eigenvalue weighted by Crippen LogP contribution is 2.27. The van der Waals surface area contributed by atoms with Gasteiger partial charge in [-0.1, -0.05) is 6.07 Å². The van der Waals surface area contributed by atoms with Gasteiger partial charge in [-0.15, -0.1) is 0 Å². The lowest BCUT2D eigenvalue weighted by Crippen LogP contribution is -2.21. The molecule has 4 nitrogen and oxygen atoms in total. The van der Waals surface area contributed by atoms with Crippen LogP contribution in [0.5, 0.6) is 5.75 Å². The van der Waals surface area contributed by atoms with Crippen LogP contribution in [0, 0.1) is 5.92 Å². The minimum absolute atomic E-state index is 0.445. The molecule has 2 atom stereocenters. The number of nitrogens with zero attached hydrogens (tertiary/aromatic N) is 1. The first-order valence-corrected chi connectivity index (χ1v) is 7.20. The van der Waals surface area contributed by atoms with E-state index in [2.05, 4.69) is 4.90 Å². The van der Waals surface area contributed by atoms with Crippen molar-refractivity contribution >= 4 is 0 Å². The van der Waals surface area contributed by atoms with Crippen LogP contribution in [-0.4, -0.2) is 43.9 Å². The molecule has 0 bridgehead atoms. The Hall–Kier alpha value is -1.10. The summed E-state index contributed by atoms with van der Waals surface area (Å²) >= 11 is 0. The van der Waals surface area contributed by atoms with Crippen LogP contribution in [0.4, 0.5) is 0 Å². The van der Waals surface area contributed by atoms with Gasteiger partial charge in [-0.3, -0.25) is 4.90 Å². The molecule has 1 aromatic carbocycles. The number of hydrogen-bond acceptors (Lipinski definition) is 4. The normalized spacial score (nSPS) is 21.1. The number of ether oxygens (including phenoxy) is 2. The summed E-state index contributed by atoms with van der Waals surface area (Å²) in [7, 11) is 3.45. The molecule has 0 aromatic heterocycles. The molecular formula is C16H25NO3. The van der Waals surface area contributed by atoms with Gasteiger partial charge < -0.3 is 14.6 Å². The smallest absolute Gasteiger partial charge is 0.123 e. The van der Waals surface area contributed by atoms with Crippen LogP contribution in [0.3, 0.4) is 0 Å². The van der Waals surface area contributed by atoms with Crippen molar-refractivity contribution in [2.45, 2.75) is 26.0 Å². The van der Waals surface area contributed by atoms with Crippen LogP contribution < -0.4 is 4.74 Å². The maximum Gasteiger partial charge on any atom is 0.123 e. The van der Waals surface area contributed by atoms with E-state index in [4.69, 9.17) is 9.47 Å². The minimum atomic E-state index is -0.445. The molecule has 0 saturated carbocycles. The summed E-state index contributed by atoms with van der Waals surface area (Å²) in [4.78, 5) is 2.42. The standard InChI is InChI=1S/C16H25NO3/c1-12(18)14-4-5-16(20-3)15(8-14)10-17-7-6-13(9-17)11-19-2/h4-5,8,12-13,18H,6-7,9-11H2,1-3H3. The van der Waals surface area contributed by atoms with Crippen LogP contribution >= 0.6 is 0 Å². The fraction of sp³-hybridized carbons (Fsp3) is 0.625. The van der Waals surface area contributed by atoms with E-state index in [-0.39, 0.29) is 0 Å². The number of rotatable bonds is 6. The van der Waals surface area contributed by atoms with Crippen LogP contribution in [0.2, 0.25) is 0 Å². The zero-order valence-corrected chi connectivity index (χ0v) is 12.6. The third-order valence-corrected chi connectivity index (χ3v) is 3.95. The highest BCUT2D eigenvalue weighted by Gasteiger charge is 2.23. The first-order valence-electron chi connectivity index (χ1n) is 7.20. The van der Waals surface area contributed by atoms with Gasteiger partial charge in [0, 0.05) is 25.8 Å². The molecule has 0 radical (unpaired) electrons. The quantitative estimate of drug-likeness (QED) is 0.867. The Morgan fingerprint density at radius 2 is 2.20 bits per heavy atom. The van der Waals surface area contributed by atoms with Crippen molar-refractivity contribution in [1.82, 2.24) is 4.90 Å². The Balaban J connectivity index is 2.06. The molecule has 1 fully saturated rings. The Bertz CT molecular complexity index is 434. The zero-order valence-electron chi connectivity index (χ0n) is 12.6. The van der Waals surface area contributed by atoms with Crippen LogP contribution in [0.1, 0.15) is 30.6 Å². The van der Waals surface area contributed by atoms with E-state index in [0.717, 1.165) is 43.1 Å². The molecule has 1 aliphatic heterocycles. The number of hydrogen-bond donors (Lipinski definition) is 1. The molecular weight excluding hydrogens is 254 g/mol. The zero-order chi connectivity index (χ0) is 14.5. The molecule has 2 rings (SSSR count). The van der Waals surface area contributed by atoms with Crippen LogP contribution in [0.15, 0.2) is 18.2 Å². The van der Waals surface area contributed by atoms with Crippen molar-refractivity contribution in [3.8, 4) is 5.75 Å². The molecule has 1 saturated heterocycles. The molecule has 112 valence electrons. The van der Waals surface area contributed by atoms with Crippen molar-refractivity contribution in [3.63, 3.8) is 0 Å². The Morgan fingerprint density at radius 1 is 1.40 bits per heavy atom. The Morgan fingerprint density at radius 3 is 2.85 bits per heavy atom. The second-order valence-corrected chi connectivity index (χ2v) is 5.59. The first-order chi connectivity index (χ1) is 9.63. The SMILES string of the molecule is COCC1CCN(Cc2cc(C(C)O)ccc2OC)C1. The lowest BCUT2D eigenvalue weighted by Gasteiger charge is -2.19. The van der Waals surface area contributed by atoms with Gasteiger partial charge in [0.15, 0.2) is 0 Å². The highest BCUT2D eigenvalue weighted by atomic mass is 16.5. The van der Waals surface area contributed by atoms with Crippen molar-refractivity contribution in [2.24, 2.45) is 5.92 Å². The predicted molar refractivity (Wildman–Crippen MR) is 78.9 cm³/mol. The number of benzene rings is 1. The molecule has 1 aromatic rings. The first kappa shape index (κ1) is 15.3. The third kappa shape index (κ3) is 3.72. The van der Waals surface area contributed by atoms with Gasteiger partial charge in [-0.05, 0) is 43.5 Å². The molecule has 0 spiro atoms. The lowest BCUT2D eigenvalue weighted by atomic mass is 10.1. The Kier molecular flexibility index (Phi) is 5.40. The van der Waals surface area contributed by atoms with E-state index >= 15 is 0 Å². The number of likely N-dealkylation sites (tertiary alicyclic amines) is 1. The highest BCUT2D eigenvalue weighted by molar-refractivity contribution is 5.38. The summed E-state index contributed by atoms with van der Waals surface area (Å²) in [5.41, 5.74) is 2.08. The van der Waals surface area contributed by atoms with Crippen LogP contribution in [0.25, 0.3) is 0 Å². The van der Waals surface area contributed by atoms with Gasteiger partial charge in [-0.2, -0.15) is 0 Å². The summed E-state index contributed by atoms with van der Waals surface area (Å²) in [5, 5.41) is 9.71. The maximum atomic E-state index is 9.71. The summed E-state index contributed by atoms with van der Waals surface area (Å²) in [6, 6.07) is 5.91. The average molecular weight is 279 g/mol. The maximum absolute atomic E-state index is 9.71. The molecule has 4 heteroatoms. The monoisotopic (exact) mass is 279 g/mol. The molecule has 1 aliphatic rings. The average Bonchev–Trinajstić information content (AvgIpc) is 2.86. The van der Waals surface area contributed by atoms with E-state index < -0.39 is 6.10 Å². The second-order valence-electron chi connectivity index (χ2n) is 5.59. The largest absolute Gasteiger partial charge is 0.496 e. The fourth-order valence-electron chi connectivity index (χ4n) is 2.85. The van der Waals surface area contributed by atoms with E-state index in [0.29, 0.717) is 5.92 Å². The van der Waals surface area contributed by atoms with Gasteiger partial charge in [0.05, 0.1) is 19.8 Å². The van der Waals surface area contributed by atoms with Crippen molar-refractivity contribution in [1.29, 1.82) is 0 Å². The number of methoxy groups -OCH3 is 2. The molecule has 2 unspecified atom stereocenters. The van der Waals surface area contributed by atoms with Gasteiger partial charge in [0.1, 0.15) is 5.75 Å². The Labute approximate surface area is 121 Å². The topological polar surface area (TPSA) is 41.9 Å². The molecule has 1 N–H and O–H groups in total. The summed E-state index contributed by atoms with van der Waals surface area (Å²) in [6.07, 6.45) is 0.742. The van der Waals surface area contributed by atoms with Crippen LogP contribution in [-0.2, 0) is 11.3 Å². The number of aliphatic hydroxyl groups is 1. The lowest BCUT2D eigenvalue weighted by molar-refractivity contribution is 0.152. The number of aliphatic hydroxyl groups excluding tert-OH is 1. The molecule has 1 heterocycles. The fourth-order valence-corrected chi connectivity index (χ4v) is 2.85. The summed E-state index contributed by atoms with van der Waals surface area (Å²) < 4.78 is 10.7. The van der Waals surface area contributed by atoms with E-state index in [1.165, 1.54) is 6.42 Å². The van der Waals surface area contributed by atoms with Crippen molar-refractivity contribution in [2.75, 3.05) is 33.9 Å². The van der Waals surface area contributed by atoms with Crippen molar-refractivity contribution < 1.29 is 14.6 Å². The van der Waals surface area contributed by atoms with Gasteiger partial charge in [0.2, 0.25) is 0 Å². The minimum Gasteiger partial charge on any atom is -0.496 e. The van der Waals surface area contributed by atoms with E-state index in [9.17, 15) is 5.11 Å². The van der Waals surface area contributed by atoms with Gasteiger partial charge >= 0.3 is 0 Å². The van der Waals surface area contributed by atoms with E-state index in [1.54, 1.807) is 21.1 Å².